The molecule has 2 unspecified atom stereocenters. The highest BCUT2D eigenvalue weighted by molar-refractivity contribution is 5.32. The van der Waals surface area contributed by atoms with Gasteiger partial charge in [0.1, 0.15) is 0 Å². The van der Waals surface area contributed by atoms with Crippen LogP contribution in [0.3, 0.4) is 0 Å². The second kappa shape index (κ2) is 8.40. The monoisotopic (exact) mass is 279 g/mol. The fourth-order valence-corrected chi connectivity index (χ4v) is 2.23. The normalized spacial score (nSPS) is 14.6. The molecule has 0 aromatic heterocycles. The average molecular weight is 279 g/mol. The summed E-state index contributed by atoms with van der Waals surface area (Å²) >= 11 is 0. The van der Waals surface area contributed by atoms with E-state index in [-0.39, 0.29) is 6.04 Å². The summed E-state index contributed by atoms with van der Waals surface area (Å²) in [4.78, 5) is 0. The third kappa shape index (κ3) is 6.04. The number of ether oxygens (including phenoxy) is 1. The lowest BCUT2D eigenvalue weighted by Crippen LogP contribution is -2.32. The number of nitrogens with one attached hydrogen (secondary N) is 1. The molecule has 1 rings (SSSR count). The van der Waals surface area contributed by atoms with E-state index in [0.29, 0.717) is 25.7 Å². The van der Waals surface area contributed by atoms with Crippen molar-refractivity contribution in [2.45, 2.75) is 46.8 Å². The van der Waals surface area contributed by atoms with E-state index in [4.69, 9.17) is 4.74 Å². The molecule has 0 bridgehead atoms. The van der Waals surface area contributed by atoms with Crippen LogP contribution in [0.25, 0.3) is 0 Å². The van der Waals surface area contributed by atoms with Crippen LogP contribution < -0.4 is 5.32 Å². The first-order chi connectivity index (χ1) is 9.40. The van der Waals surface area contributed by atoms with E-state index in [9.17, 15) is 5.11 Å². The minimum Gasteiger partial charge on any atom is -0.389 e. The molecule has 3 nitrogen and oxygen atoms in total. The molecule has 0 fully saturated rings. The molecule has 1 aromatic carbocycles. The van der Waals surface area contributed by atoms with Crippen molar-refractivity contribution in [2.75, 3.05) is 19.8 Å². The second-order valence-electron chi connectivity index (χ2n) is 6.08. The molecule has 2 N–H and O–H groups in total. The van der Waals surface area contributed by atoms with E-state index in [0.717, 1.165) is 0 Å². The lowest BCUT2D eigenvalue weighted by atomic mass is 10.0. The van der Waals surface area contributed by atoms with Gasteiger partial charge in [-0.05, 0) is 37.8 Å². The summed E-state index contributed by atoms with van der Waals surface area (Å²) in [5.74, 6) is 0.504. The van der Waals surface area contributed by atoms with Crippen LogP contribution in [0.1, 0.15) is 43.5 Å². The second-order valence-corrected chi connectivity index (χ2v) is 6.08. The third-order valence-corrected chi connectivity index (χ3v) is 3.31. The summed E-state index contributed by atoms with van der Waals surface area (Å²) in [6.07, 6.45) is -0.457. The van der Waals surface area contributed by atoms with E-state index < -0.39 is 6.10 Å². The van der Waals surface area contributed by atoms with Gasteiger partial charge in [-0.3, -0.25) is 0 Å². The van der Waals surface area contributed by atoms with Gasteiger partial charge in [0, 0.05) is 19.2 Å². The van der Waals surface area contributed by atoms with Gasteiger partial charge in [-0.25, -0.2) is 0 Å². The summed E-state index contributed by atoms with van der Waals surface area (Å²) in [5.41, 5.74) is 3.85. The van der Waals surface area contributed by atoms with Gasteiger partial charge in [0.25, 0.3) is 0 Å². The highest BCUT2D eigenvalue weighted by Gasteiger charge is 2.11. The standard InChI is InChI=1S/C17H29NO2/c1-12(2)10-20-11-16(19)9-18-15(5)17-7-6-13(3)8-14(17)4/h6-8,12,15-16,18-19H,9-11H2,1-5H3. The zero-order valence-corrected chi connectivity index (χ0v) is 13.4. The largest absolute Gasteiger partial charge is 0.389 e. The average Bonchev–Trinajstić information content (AvgIpc) is 2.35. The molecule has 0 radical (unpaired) electrons. The van der Waals surface area contributed by atoms with Crippen molar-refractivity contribution in [1.82, 2.24) is 5.32 Å². The molecule has 0 spiro atoms. The van der Waals surface area contributed by atoms with Crippen LogP contribution >= 0.6 is 0 Å². The summed E-state index contributed by atoms with van der Waals surface area (Å²) in [7, 11) is 0. The highest BCUT2D eigenvalue weighted by Crippen LogP contribution is 2.18. The Balaban J connectivity index is 2.37. The van der Waals surface area contributed by atoms with Gasteiger partial charge in [0.15, 0.2) is 0 Å². The molecule has 0 aliphatic heterocycles. The van der Waals surface area contributed by atoms with E-state index in [2.05, 4.69) is 58.1 Å². The molecular weight excluding hydrogens is 250 g/mol. The predicted molar refractivity (Wildman–Crippen MR) is 84.0 cm³/mol. The van der Waals surface area contributed by atoms with Gasteiger partial charge in [0.05, 0.1) is 12.7 Å². The molecule has 0 amide bonds. The van der Waals surface area contributed by atoms with Crippen LogP contribution in [0.15, 0.2) is 18.2 Å². The Morgan fingerprint density at radius 1 is 1.15 bits per heavy atom. The lowest BCUT2D eigenvalue weighted by molar-refractivity contribution is 0.0252. The van der Waals surface area contributed by atoms with Gasteiger partial charge in [-0.1, -0.05) is 37.6 Å². The highest BCUT2D eigenvalue weighted by atomic mass is 16.5. The summed E-state index contributed by atoms with van der Waals surface area (Å²) in [5, 5.41) is 13.3. The van der Waals surface area contributed by atoms with Gasteiger partial charge in [-0.2, -0.15) is 0 Å². The van der Waals surface area contributed by atoms with Crippen LogP contribution in [-0.2, 0) is 4.74 Å². The fraction of sp³-hybridized carbons (Fsp3) is 0.647. The Morgan fingerprint density at radius 3 is 2.45 bits per heavy atom. The Hall–Kier alpha value is -0.900. The zero-order chi connectivity index (χ0) is 15.1. The molecule has 0 aliphatic carbocycles. The van der Waals surface area contributed by atoms with Gasteiger partial charge in [0.2, 0.25) is 0 Å². The van der Waals surface area contributed by atoms with Crippen molar-refractivity contribution in [1.29, 1.82) is 0 Å². The van der Waals surface area contributed by atoms with Crippen LogP contribution in [0.4, 0.5) is 0 Å². The van der Waals surface area contributed by atoms with Crippen LogP contribution in [0, 0.1) is 19.8 Å². The summed E-state index contributed by atoms with van der Waals surface area (Å²) < 4.78 is 5.44. The number of aryl methyl sites for hydroxylation is 2. The molecule has 20 heavy (non-hydrogen) atoms. The first kappa shape index (κ1) is 17.2. The van der Waals surface area contributed by atoms with Crippen molar-refractivity contribution in [3.05, 3.63) is 34.9 Å². The van der Waals surface area contributed by atoms with Gasteiger partial charge in [-0.15, -0.1) is 0 Å². The fourth-order valence-electron chi connectivity index (χ4n) is 2.23. The molecule has 3 heteroatoms. The van der Waals surface area contributed by atoms with Crippen LogP contribution in [0.5, 0.6) is 0 Å². The van der Waals surface area contributed by atoms with Crippen molar-refractivity contribution in [3.8, 4) is 0 Å². The Kier molecular flexibility index (Phi) is 7.20. The number of rotatable bonds is 8. The molecule has 1 aromatic rings. The first-order valence-electron chi connectivity index (χ1n) is 7.46. The van der Waals surface area contributed by atoms with E-state index in [1.807, 2.05) is 0 Å². The summed E-state index contributed by atoms with van der Waals surface area (Å²) in [6, 6.07) is 6.71. The molecule has 114 valence electrons. The van der Waals surface area contributed by atoms with Gasteiger partial charge < -0.3 is 15.2 Å². The van der Waals surface area contributed by atoms with E-state index in [1.165, 1.54) is 16.7 Å². The lowest BCUT2D eigenvalue weighted by Gasteiger charge is -2.19. The van der Waals surface area contributed by atoms with Crippen LogP contribution in [-0.4, -0.2) is 31.0 Å². The van der Waals surface area contributed by atoms with Crippen molar-refractivity contribution in [2.24, 2.45) is 5.92 Å². The van der Waals surface area contributed by atoms with Crippen LogP contribution in [0.2, 0.25) is 0 Å². The predicted octanol–water partition coefficient (Wildman–Crippen LogP) is 2.99. The molecule has 0 heterocycles. The van der Waals surface area contributed by atoms with E-state index >= 15 is 0 Å². The number of hydrogen-bond acceptors (Lipinski definition) is 3. The van der Waals surface area contributed by atoms with E-state index in [1.54, 1.807) is 0 Å². The summed E-state index contributed by atoms with van der Waals surface area (Å²) in [6.45, 7) is 12.2. The zero-order valence-electron chi connectivity index (χ0n) is 13.4. The van der Waals surface area contributed by atoms with Crippen molar-refractivity contribution < 1.29 is 9.84 Å². The SMILES string of the molecule is Cc1ccc(C(C)NCC(O)COCC(C)C)c(C)c1. The molecule has 0 saturated heterocycles. The van der Waals surface area contributed by atoms with Crippen molar-refractivity contribution >= 4 is 0 Å². The minimum atomic E-state index is -0.457. The Labute approximate surface area is 123 Å². The number of benzene rings is 1. The third-order valence-electron chi connectivity index (χ3n) is 3.31. The topological polar surface area (TPSA) is 41.5 Å². The quantitative estimate of drug-likeness (QED) is 0.768. The maximum absolute atomic E-state index is 9.88. The maximum atomic E-state index is 9.88. The van der Waals surface area contributed by atoms with Crippen molar-refractivity contribution in [3.63, 3.8) is 0 Å². The first-order valence-corrected chi connectivity index (χ1v) is 7.46. The maximum Gasteiger partial charge on any atom is 0.0897 e. The number of aliphatic hydroxyl groups excluding tert-OH is 1. The number of hydrogen-bond donors (Lipinski definition) is 2. The minimum absolute atomic E-state index is 0.232. The Morgan fingerprint density at radius 2 is 1.85 bits per heavy atom. The molecule has 0 saturated carbocycles. The molecule has 2 atom stereocenters. The molecule has 0 aliphatic rings. The molecular formula is C17H29NO2. The Bertz CT molecular complexity index is 404. The van der Waals surface area contributed by atoms with Gasteiger partial charge >= 0.3 is 0 Å². The smallest absolute Gasteiger partial charge is 0.0897 e. The number of aliphatic hydroxyl groups is 1.